The highest BCUT2D eigenvalue weighted by molar-refractivity contribution is 6.36. The Morgan fingerprint density at radius 3 is 2.50 bits per heavy atom. The monoisotopic (exact) mass is 352 g/mol. The molecule has 130 valence electrons. The zero-order valence-corrected chi connectivity index (χ0v) is 14.9. The van der Waals surface area contributed by atoms with E-state index >= 15 is 0 Å². The zero-order chi connectivity index (χ0) is 18.3. The van der Waals surface area contributed by atoms with Crippen LogP contribution in [0.1, 0.15) is 38.1 Å². The molecule has 0 bridgehead atoms. The van der Waals surface area contributed by atoms with Crippen LogP contribution < -0.4 is 10.6 Å². The Morgan fingerprint density at radius 1 is 1.29 bits per heavy atom. The summed E-state index contributed by atoms with van der Waals surface area (Å²) in [7, 11) is 0. The number of rotatable bonds is 7. The Kier molecular flexibility index (Phi) is 7.45. The van der Waals surface area contributed by atoms with Crippen molar-refractivity contribution in [3.63, 3.8) is 0 Å². The minimum absolute atomic E-state index is 0.136. The molecule has 2 N–H and O–H groups in total. The molecule has 0 aliphatic carbocycles. The van der Waals surface area contributed by atoms with Crippen LogP contribution in [0.25, 0.3) is 0 Å². The predicted molar refractivity (Wildman–Crippen MR) is 93.1 cm³/mol. The zero-order valence-electron chi connectivity index (χ0n) is 14.1. The predicted octanol–water partition coefficient (Wildman–Crippen LogP) is 2.93. The fourth-order valence-corrected chi connectivity index (χ4v) is 2.07. The molecule has 1 aromatic carbocycles. The van der Waals surface area contributed by atoms with Crippen molar-refractivity contribution in [2.75, 3.05) is 11.9 Å². The average Bonchev–Trinajstić information content (AvgIpc) is 2.48. The largest absolute Gasteiger partial charge is 0.459 e. The first-order valence-corrected chi connectivity index (χ1v) is 7.91. The third-order valence-corrected chi connectivity index (χ3v) is 3.30. The maximum atomic E-state index is 11.9. The van der Waals surface area contributed by atoms with Gasteiger partial charge in [0, 0.05) is 12.7 Å². The van der Waals surface area contributed by atoms with E-state index in [1.807, 2.05) is 0 Å². The van der Waals surface area contributed by atoms with E-state index in [4.69, 9.17) is 16.3 Å². The number of halogens is 1. The lowest BCUT2D eigenvalue weighted by atomic mass is 10.1. The van der Waals surface area contributed by atoms with Crippen molar-refractivity contribution >= 4 is 34.9 Å². The van der Waals surface area contributed by atoms with Crippen LogP contribution in [-0.4, -0.2) is 30.3 Å². The second kappa shape index (κ2) is 9.08. The van der Waals surface area contributed by atoms with E-state index in [2.05, 4.69) is 10.6 Å². The molecular weight excluding hydrogens is 332 g/mol. The Morgan fingerprint density at radius 2 is 1.96 bits per heavy atom. The number of carbonyl (C=O) groups excluding carboxylic acids is 3. The minimum atomic E-state index is -0.721. The van der Waals surface area contributed by atoms with Crippen LogP contribution in [0.4, 0.5) is 5.69 Å². The molecule has 0 radical (unpaired) electrons. The van der Waals surface area contributed by atoms with Gasteiger partial charge in [-0.3, -0.25) is 9.59 Å². The minimum Gasteiger partial charge on any atom is -0.459 e. The number of hydrogen-bond donors (Lipinski definition) is 2. The van der Waals surface area contributed by atoms with E-state index < -0.39 is 11.8 Å². The maximum absolute atomic E-state index is 11.9. The van der Waals surface area contributed by atoms with Crippen molar-refractivity contribution in [1.82, 2.24) is 5.32 Å². The third kappa shape index (κ3) is 5.38. The van der Waals surface area contributed by atoms with Crippen LogP contribution in [0.3, 0.4) is 0 Å². The van der Waals surface area contributed by atoms with Crippen molar-refractivity contribution < 1.29 is 19.1 Å². The molecule has 0 spiro atoms. The van der Waals surface area contributed by atoms with Crippen LogP contribution in [-0.2, 0) is 14.3 Å². The van der Waals surface area contributed by atoms with Gasteiger partial charge in [-0.2, -0.15) is 0 Å². The van der Waals surface area contributed by atoms with Gasteiger partial charge in [0.25, 0.3) is 5.91 Å². The summed E-state index contributed by atoms with van der Waals surface area (Å²) in [5, 5.41) is 5.64. The summed E-state index contributed by atoms with van der Waals surface area (Å²) < 4.78 is 5.02. The van der Waals surface area contributed by atoms with E-state index in [9.17, 15) is 14.4 Å². The van der Waals surface area contributed by atoms with Gasteiger partial charge in [-0.15, -0.1) is 0 Å². The molecule has 0 fully saturated rings. The molecule has 0 saturated heterocycles. The summed E-state index contributed by atoms with van der Waals surface area (Å²) in [6.45, 7) is 6.92. The first kappa shape index (κ1) is 19.7. The third-order valence-electron chi connectivity index (χ3n) is 2.89. The summed E-state index contributed by atoms with van der Waals surface area (Å²) in [5.74, 6) is -1.47. The number of Topliss-reactive ketones (excluding diaryl/α,β-unsaturated/α-hetero) is 1. The van der Waals surface area contributed by atoms with Crippen LogP contribution in [0.5, 0.6) is 0 Å². The molecule has 1 aromatic rings. The van der Waals surface area contributed by atoms with Gasteiger partial charge in [-0.1, -0.05) is 17.7 Å². The number of carbonyl (C=O) groups is 3. The number of hydrogen-bond acceptors (Lipinski definition) is 5. The van der Waals surface area contributed by atoms with E-state index in [1.165, 1.54) is 13.1 Å². The standard InChI is InChI=1S/C17H21ClN2O4/c1-5-19-16(22)12-7-6-8-14(15(12)18)20-9-13(11(4)21)17(23)24-10(2)3/h6-10,20H,5H2,1-4H3,(H,19,22). The van der Waals surface area contributed by atoms with Crippen LogP contribution in [0.15, 0.2) is 30.0 Å². The van der Waals surface area contributed by atoms with Crippen LogP contribution in [0, 0.1) is 0 Å². The van der Waals surface area contributed by atoms with E-state index in [0.29, 0.717) is 17.8 Å². The highest BCUT2D eigenvalue weighted by Crippen LogP contribution is 2.26. The van der Waals surface area contributed by atoms with Gasteiger partial charge in [0.1, 0.15) is 5.57 Å². The summed E-state index contributed by atoms with van der Waals surface area (Å²) in [5.41, 5.74) is 0.561. The van der Waals surface area contributed by atoms with Gasteiger partial charge >= 0.3 is 5.97 Å². The molecular formula is C17H21ClN2O4. The van der Waals surface area contributed by atoms with Crippen molar-refractivity contribution in [2.24, 2.45) is 0 Å². The molecule has 6 nitrogen and oxygen atoms in total. The molecule has 0 unspecified atom stereocenters. The highest BCUT2D eigenvalue weighted by Gasteiger charge is 2.18. The van der Waals surface area contributed by atoms with Gasteiger partial charge in [-0.05, 0) is 39.8 Å². The van der Waals surface area contributed by atoms with Gasteiger partial charge < -0.3 is 15.4 Å². The number of nitrogens with one attached hydrogen (secondary N) is 2. The summed E-state index contributed by atoms with van der Waals surface area (Å²) in [6, 6.07) is 4.86. The second-order valence-electron chi connectivity index (χ2n) is 5.24. The number of benzene rings is 1. The Hall–Kier alpha value is -2.34. The number of amides is 1. The van der Waals surface area contributed by atoms with E-state index in [1.54, 1.807) is 39.0 Å². The maximum Gasteiger partial charge on any atom is 0.343 e. The van der Waals surface area contributed by atoms with Crippen molar-refractivity contribution in [3.8, 4) is 0 Å². The fraction of sp³-hybridized carbons (Fsp3) is 0.353. The van der Waals surface area contributed by atoms with Gasteiger partial charge in [-0.25, -0.2) is 4.79 Å². The highest BCUT2D eigenvalue weighted by atomic mass is 35.5. The molecule has 0 atom stereocenters. The first-order valence-electron chi connectivity index (χ1n) is 7.53. The fourth-order valence-electron chi connectivity index (χ4n) is 1.81. The van der Waals surface area contributed by atoms with Crippen molar-refractivity contribution in [1.29, 1.82) is 0 Å². The van der Waals surface area contributed by atoms with Gasteiger partial charge in [0.2, 0.25) is 0 Å². The first-order chi connectivity index (χ1) is 11.3. The molecule has 0 aliphatic rings. The Balaban J connectivity index is 3.06. The SMILES string of the molecule is CCNC(=O)c1cccc(NC=C(C(C)=O)C(=O)OC(C)C)c1Cl. The molecule has 0 saturated carbocycles. The summed E-state index contributed by atoms with van der Waals surface area (Å²) >= 11 is 6.21. The number of anilines is 1. The summed E-state index contributed by atoms with van der Waals surface area (Å²) in [6.07, 6.45) is 0.889. The molecule has 7 heteroatoms. The normalized spacial score (nSPS) is 11.2. The molecule has 0 heterocycles. The lowest BCUT2D eigenvalue weighted by Crippen LogP contribution is -2.23. The summed E-state index contributed by atoms with van der Waals surface area (Å²) in [4.78, 5) is 35.5. The Bertz CT molecular complexity index is 669. The topological polar surface area (TPSA) is 84.5 Å². The number of ketones is 1. The van der Waals surface area contributed by atoms with Crippen molar-refractivity contribution in [2.45, 2.75) is 33.8 Å². The molecule has 0 aromatic heterocycles. The van der Waals surface area contributed by atoms with E-state index in [-0.39, 0.29) is 22.6 Å². The van der Waals surface area contributed by atoms with Gasteiger partial charge in [0.05, 0.1) is 22.4 Å². The number of esters is 1. The molecule has 24 heavy (non-hydrogen) atoms. The smallest absolute Gasteiger partial charge is 0.343 e. The molecule has 1 rings (SSSR count). The van der Waals surface area contributed by atoms with Crippen LogP contribution in [0.2, 0.25) is 5.02 Å². The van der Waals surface area contributed by atoms with Crippen LogP contribution >= 0.6 is 11.6 Å². The van der Waals surface area contributed by atoms with E-state index in [0.717, 1.165) is 0 Å². The second-order valence-corrected chi connectivity index (χ2v) is 5.62. The molecule has 0 aliphatic heterocycles. The van der Waals surface area contributed by atoms with Gasteiger partial charge in [0.15, 0.2) is 5.78 Å². The van der Waals surface area contributed by atoms with Crippen molar-refractivity contribution in [3.05, 3.63) is 40.6 Å². The lowest BCUT2D eigenvalue weighted by molar-refractivity contribution is -0.143. The number of ether oxygens (including phenoxy) is 1. The quantitative estimate of drug-likeness (QED) is 0.341. The Labute approximate surface area is 146 Å². The average molecular weight is 353 g/mol. The molecule has 1 amide bonds. The lowest BCUT2D eigenvalue weighted by Gasteiger charge is -2.11.